The molecule has 0 atom stereocenters. The third kappa shape index (κ3) is 7.44. The van der Waals surface area contributed by atoms with E-state index in [2.05, 4.69) is 11.8 Å². The number of nitrogens with one attached hydrogen (secondary N) is 1. The molecule has 0 amide bonds. The van der Waals surface area contributed by atoms with Gasteiger partial charge in [-0.1, -0.05) is 49.7 Å². The van der Waals surface area contributed by atoms with E-state index in [4.69, 9.17) is 21.0 Å². The Hall–Kier alpha value is -2.75. The Kier molecular flexibility index (Phi) is 9.37. The molecule has 174 valence electrons. The smallest absolute Gasteiger partial charge is 0.300 e. The number of carboxylic acids is 1. The van der Waals surface area contributed by atoms with E-state index < -0.39 is 16.0 Å². The molecule has 0 radical (unpaired) electrons. The highest BCUT2D eigenvalue weighted by molar-refractivity contribution is 7.89. The molecule has 0 aliphatic carbocycles. The quantitative estimate of drug-likeness (QED) is 0.430. The monoisotopic (exact) mass is 460 g/mol. The molecule has 4 N–H and O–H groups in total. The van der Waals surface area contributed by atoms with E-state index in [1.165, 1.54) is 5.56 Å². The number of amidine groups is 1. The number of nitrogens with two attached hydrogens (primary N) is 1. The maximum absolute atomic E-state index is 12.9. The maximum Gasteiger partial charge on any atom is 0.300 e. The molecule has 1 aliphatic rings. The van der Waals surface area contributed by atoms with Crippen molar-refractivity contribution in [3.05, 3.63) is 65.2 Å². The zero-order chi connectivity index (χ0) is 23.7. The van der Waals surface area contributed by atoms with Gasteiger partial charge >= 0.3 is 0 Å². The number of nitrogens with zero attached hydrogens (tertiary/aromatic N) is 2. The molecule has 0 aromatic heterocycles. The molecule has 9 heteroatoms. The second kappa shape index (κ2) is 11.8. The Bertz CT molecular complexity index is 993. The lowest BCUT2D eigenvalue weighted by atomic mass is 10.1. The second-order valence-electron chi connectivity index (χ2n) is 7.70. The first-order valence-corrected chi connectivity index (χ1v) is 12.0. The Balaban J connectivity index is 0.000000837. The summed E-state index contributed by atoms with van der Waals surface area (Å²) >= 11 is 0. The third-order valence-corrected chi connectivity index (χ3v) is 7.02. The summed E-state index contributed by atoms with van der Waals surface area (Å²) in [4.78, 5) is 11.6. The largest absolute Gasteiger partial charge is 0.481 e. The minimum absolute atomic E-state index is 0.0631. The van der Waals surface area contributed by atoms with Crippen molar-refractivity contribution >= 4 is 21.8 Å². The Morgan fingerprint density at radius 2 is 1.50 bits per heavy atom. The predicted molar refractivity (Wildman–Crippen MR) is 125 cm³/mol. The summed E-state index contributed by atoms with van der Waals surface area (Å²) in [6.45, 7) is 6.33. The van der Waals surface area contributed by atoms with Gasteiger partial charge in [-0.05, 0) is 29.7 Å². The first kappa shape index (κ1) is 25.5. The van der Waals surface area contributed by atoms with Gasteiger partial charge < -0.3 is 10.8 Å². The molecular weight excluding hydrogens is 428 g/mol. The van der Waals surface area contributed by atoms with E-state index in [0.29, 0.717) is 36.6 Å². The van der Waals surface area contributed by atoms with Crippen molar-refractivity contribution in [1.29, 1.82) is 5.41 Å². The van der Waals surface area contributed by atoms with Gasteiger partial charge in [-0.15, -0.1) is 0 Å². The predicted octanol–water partition coefficient (Wildman–Crippen LogP) is 2.52. The van der Waals surface area contributed by atoms with Crippen LogP contribution in [0.3, 0.4) is 0 Å². The number of rotatable bonds is 7. The fourth-order valence-corrected chi connectivity index (χ4v) is 4.86. The lowest BCUT2D eigenvalue weighted by Gasteiger charge is -2.34. The number of piperazine rings is 1. The van der Waals surface area contributed by atoms with Crippen LogP contribution in [0.2, 0.25) is 0 Å². The molecule has 32 heavy (non-hydrogen) atoms. The summed E-state index contributed by atoms with van der Waals surface area (Å²) in [5, 5.41) is 14.9. The van der Waals surface area contributed by atoms with Crippen molar-refractivity contribution in [3.8, 4) is 0 Å². The molecule has 1 heterocycles. The molecule has 2 aromatic carbocycles. The van der Waals surface area contributed by atoms with Crippen LogP contribution in [0.15, 0.2) is 53.4 Å². The van der Waals surface area contributed by atoms with Gasteiger partial charge in [0.25, 0.3) is 5.97 Å². The number of sulfonamides is 1. The van der Waals surface area contributed by atoms with Crippen LogP contribution in [-0.2, 0) is 27.8 Å². The second-order valence-corrected chi connectivity index (χ2v) is 9.64. The molecule has 3 rings (SSSR count). The van der Waals surface area contributed by atoms with Gasteiger partial charge in [0.15, 0.2) is 0 Å². The average Bonchev–Trinajstić information content (AvgIpc) is 2.75. The summed E-state index contributed by atoms with van der Waals surface area (Å²) in [6, 6.07) is 14.9. The third-order valence-electron chi connectivity index (χ3n) is 5.10. The van der Waals surface area contributed by atoms with Gasteiger partial charge in [0.2, 0.25) is 10.0 Å². The highest BCUT2D eigenvalue weighted by Gasteiger charge is 2.28. The fourth-order valence-electron chi connectivity index (χ4n) is 3.44. The number of hydrogen-bond donors (Lipinski definition) is 3. The Morgan fingerprint density at radius 1 is 1.00 bits per heavy atom. The lowest BCUT2D eigenvalue weighted by molar-refractivity contribution is -0.134. The summed E-state index contributed by atoms with van der Waals surface area (Å²) in [5.41, 5.74) is 8.50. The molecule has 0 bridgehead atoms. The fraction of sp³-hybridized carbons (Fsp3) is 0.391. The number of aliphatic carboxylic acids is 1. The van der Waals surface area contributed by atoms with Gasteiger partial charge in [0.05, 0.1) is 4.90 Å². The van der Waals surface area contributed by atoms with Crippen molar-refractivity contribution in [2.45, 2.75) is 38.1 Å². The van der Waals surface area contributed by atoms with Gasteiger partial charge in [-0.25, -0.2) is 8.42 Å². The SMILES string of the molecule is CC(=O)O.CCCc1ccc(S(=O)(=O)N2CCN(Cc3ccc(C(=N)N)cc3)CC2)cc1. The molecule has 0 spiro atoms. The summed E-state index contributed by atoms with van der Waals surface area (Å²) in [5.74, 6) is -0.770. The number of nitrogen functional groups attached to an aromatic ring is 1. The molecule has 0 saturated carbocycles. The van der Waals surface area contributed by atoms with Crippen LogP contribution < -0.4 is 5.73 Å². The van der Waals surface area contributed by atoms with Crippen LogP contribution in [0.1, 0.15) is 37.0 Å². The van der Waals surface area contributed by atoms with Crippen LogP contribution in [0.4, 0.5) is 0 Å². The molecule has 1 aliphatic heterocycles. The summed E-state index contributed by atoms with van der Waals surface area (Å²) < 4.78 is 27.4. The average molecular weight is 461 g/mol. The van der Waals surface area contributed by atoms with Crippen LogP contribution in [-0.4, -0.2) is 60.7 Å². The zero-order valence-corrected chi connectivity index (χ0v) is 19.4. The summed E-state index contributed by atoms with van der Waals surface area (Å²) in [6.07, 6.45) is 2.01. The molecule has 2 aromatic rings. The highest BCUT2D eigenvalue weighted by atomic mass is 32.2. The van der Waals surface area contributed by atoms with Crippen LogP contribution in [0.5, 0.6) is 0 Å². The van der Waals surface area contributed by atoms with E-state index in [1.54, 1.807) is 16.4 Å². The number of benzene rings is 2. The lowest BCUT2D eigenvalue weighted by Crippen LogP contribution is -2.48. The molecule has 0 unspecified atom stereocenters. The molecular formula is C23H32N4O4S. The molecule has 1 saturated heterocycles. The number of hydrogen-bond acceptors (Lipinski definition) is 5. The van der Waals surface area contributed by atoms with Crippen molar-refractivity contribution in [2.24, 2.45) is 5.73 Å². The normalized spacial score (nSPS) is 14.9. The number of aryl methyl sites for hydroxylation is 1. The van der Waals surface area contributed by atoms with E-state index in [9.17, 15) is 8.42 Å². The number of carboxylic acid groups (broad SMARTS) is 1. The van der Waals surface area contributed by atoms with Crippen LogP contribution >= 0.6 is 0 Å². The standard InChI is InChI=1S/C21H28N4O2S.C2H4O2/c1-2-3-17-6-10-20(11-7-17)28(26,27)25-14-12-24(13-15-25)16-18-4-8-19(9-5-18)21(22)23;1-2(3)4/h4-11H,2-3,12-16H2,1H3,(H3,22,23);1H3,(H,3,4). The van der Waals surface area contributed by atoms with E-state index in [0.717, 1.165) is 31.9 Å². The van der Waals surface area contributed by atoms with Gasteiger partial charge in [0, 0.05) is 45.2 Å². The summed E-state index contributed by atoms with van der Waals surface area (Å²) in [7, 11) is -3.44. The minimum atomic E-state index is -3.44. The van der Waals surface area contributed by atoms with Gasteiger partial charge in [-0.2, -0.15) is 4.31 Å². The van der Waals surface area contributed by atoms with Crippen LogP contribution in [0.25, 0.3) is 0 Å². The van der Waals surface area contributed by atoms with E-state index in [1.807, 2.05) is 36.4 Å². The van der Waals surface area contributed by atoms with Crippen molar-refractivity contribution < 1.29 is 18.3 Å². The van der Waals surface area contributed by atoms with Gasteiger partial charge in [0.1, 0.15) is 5.84 Å². The number of carbonyl (C=O) groups is 1. The first-order valence-electron chi connectivity index (χ1n) is 10.6. The highest BCUT2D eigenvalue weighted by Crippen LogP contribution is 2.19. The minimum Gasteiger partial charge on any atom is -0.481 e. The maximum atomic E-state index is 12.9. The Labute approximate surface area is 190 Å². The van der Waals surface area contributed by atoms with Crippen molar-refractivity contribution in [3.63, 3.8) is 0 Å². The van der Waals surface area contributed by atoms with Gasteiger partial charge in [-0.3, -0.25) is 15.1 Å². The molecule has 1 fully saturated rings. The van der Waals surface area contributed by atoms with Crippen molar-refractivity contribution in [1.82, 2.24) is 9.21 Å². The van der Waals surface area contributed by atoms with Crippen molar-refractivity contribution in [2.75, 3.05) is 26.2 Å². The Morgan fingerprint density at radius 3 is 1.97 bits per heavy atom. The zero-order valence-electron chi connectivity index (χ0n) is 18.6. The topological polar surface area (TPSA) is 128 Å². The van der Waals surface area contributed by atoms with E-state index in [-0.39, 0.29) is 5.84 Å². The van der Waals surface area contributed by atoms with Crippen LogP contribution in [0, 0.1) is 5.41 Å². The van der Waals surface area contributed by atoms with E-state index >= 15 is 0 Å². The molecule has 8 nitrogen and oxygen atoms in total. The first-order chi connectivity index (χ1) is 15.1.